The maximum atomic E-state index is 3.70. The number of benzene rings is 1. The lowest BCUT2D eigenvalue weighted by molar-refractivity contribution is 0.149. The van der Waals surface area contributed by atoms with Crippen molar-refractivity contribution in [1.29, 1.82) is 0 Å². The Morgan fingerprint density at radius 2 is 1.61 bits per heavy atom. The summed E-state index contributed by atoms with van der Waals surface area (Å²) in [6, 6.07) is 12.5. The van der Waals surface area contributed by atoms with Gasteiger partial charge < -0.3 is 10.2 Å². The van der Waals surface area contributed by atoms with Gasteiger partial charge in [0.1, 0.15) is 0 Å². The van der Waals surface area contributed by atoms with Crippen LogP contribution in [0.3, 0.4) is 0 Å². The van der Waals surface area contributed by atoms with Crippen molar-refractivity contribution in [3.63, 3.8) is 0 Å². The summed E-state index contributed by atoms with van der Waals surface area (Å²) in [5, 5.41) is 3.70. The average Bonchev–Trinajstić information content (AvgIpc) is 2.58. The van der Waals surface area contributed by atoms with Gasteiger partial charge in [0.15, 0.2) is 0 Å². The van der Waals surface area contributed by atoms with Crippen LogP contribution in [0.15, 0.2) is 30.3 Å². The fourth-order valence-electron chi connectivity index (χ4n) is 4.52. The summed E-state index contributed by atoms with van der Waals surface area (Å²) in [5.41, 5.74) is 1.56. The molecule has 1 aliphatic heterocycles. The molecular weight excluding hydrogens is 280 g/mol. The fourth-order valence-corrected chi connectivity index (χ4v) is 4.52. The maximum Gasteiger partial charge on any atom is 0.00937 e. The molecule has 1 heterocycles. The summed E-state index contributed by atoms with van der Waals surface area (Å²) in [7, 11) is 0. The highest BCUT2D eigenvalue weighted by Crippen LogP contribution is 2.36. The summed E-state index contributed by atoms with van der Waals surface area (Å²) < 4.78 is 0. The third kappa shape index (κ3) is 5.06. The van der Waals surface area contributed by atoms with E-state index in [0.717, 1.165) is 17.9 Å². The van der Waals surface area contributed by atoms with Crippen LogP contribution in [0.2, 0.25) is 0 Å². The van der Waals surface area contributed by atoms with Gasteiger partial charge in [-0.15, -0.1) is 0 Å². The van der Waals surface area contributed by atoms with E-state index in [4.69, 9.17) is 0 Å². The predicted octanol–water partition coefficient (Wildman–Crippen LogP) is 4.42. The van der Waals surface area contributed by atoms with Crippen molar-refractivity contribution in [3.05, 3.63) is 35.9 Å². The number of hydrogen-bond donors (Lipinski definition) is 1. The smallest absolute Gasteiger partial charge is 0.00937 e. The first-order chi connectivity index (χ1) is 11.2. The molecule has 2 aliphatic rings. The number of piperidine rings is 1. The van der Waals surface area contributed by atoms with Crippen LogP contribution in [0.4, 0.5) is 0 Å². The molecule has 3 rings (SSSR count). The standard InChI is InChI=1S/C21H34N2/c1-17(2)22-21-12-14-23(15-13-21)16-18-8-10-20(11-9-18)19-6-4-3-5-7-19/h3-7,17-18,20-22H,8-16H2,1-2H3. The Hall–Kier alpha value is -0.860. The lowest BCUT2D eigenvalue weighted by Gasteiger charge is -2.37. The molecule has 1 aromatic rings. The summed E-state index contributed by atoms with van der Waals surface area (Å²) in [4.78, 5) is 2.73. The third-order valence-electron chi connectivity index (χ3n) is 5.79. The van der Waals surface area contributed by atoms with Crippen molar-refractivity contribution >= 4 is 0 Å². The SMILES string of the molecule is CC(C)NC1CCN(CC2CCC(c3ccccc3)CC2)CC1. The Morgan fingerprint density at radius 3 is 2.22 bits per heavy atom. The number of rotatable bonds is 5. The van der Waals surface area contributed by atoms with E-state index in [1.165, 1.54) is 58.2 Å². The minimum Gasteiger partial charge on any atom is -0.312 e. The van der Waals surface area contributed by atoms with Gasteiger partial charge in [-0.05, 0) is 69.0 Å². The Balaban J connectivity index is 1.38. The first-order valence-corrected chi connectivity index (χ1v) is 9.74. The van der Waals surface area contributed by atoms with Gasteiger partial charge in [-0.2, -0.15) is 0 Å². The largest absolute Gasteiger partial charge is 0.312 e. The number of nitrogens with zero attached hydrogens (tertiary/aromatic N) is 1. The molecule has 0 unspecified atom stereocenters. The molecule has 2 nitrogen and oxygen atoms in total. The normalized spacial score (nSPS) is 27.4. The molecule has 2 heteroatoms. The van der Waals surface area contributed by atoms with E-state index < -0.39 is 0 Å². The molecule has 0 spiro atoms. The van der Waals surface area contributed by atoms with Crippen LogP contribution in [0.1, 0.15) is 63.9 Å². The van der Waals surface area contributed by atoms with Gasteiger partial charge in [-0.1, -0.05) is 44.2 Å². The Bertz CT molecular complexity index is 440. The van der Waals surface area contributed by atoms with Crippen molar-refractivity contribution in [2.45, 2.75) is 70.4 Å². The lowest BCUT2D eigenvalue weighted by Crippen LogP contribution is -2.46. The van der Waals surface area contributed by atoms with Crippen molar-refractivity contribution < 1.29 is 0 Å². The second kappa shape index (κ2) is 8.30. The molecule has 23 heavy (non-hydrogen) atoms. The van der Waals surface area contributed by atoms with E-state index in [1.807, 2.05) is 0 Å². The molecular formula is C21H34N2. The molecule has 1 N–H and O–H groups in total. The molecule has 2 fully saturated rings. The highest BCUT2D eigenvalue weighted by molar-refractivity contribution is 5.19. The van der Waals surface area contributed by atoms with E-state index in [-0.39, 0.29) is 0 Å². The molecule has 0 amide bonds. The highest BCUT2D eigenvalue weighted by Gasteiger charge is 2.26. The topological polar surface area (TPSA) is 15.3 Å². The van der Waals surface area contributed by atoms with Crippen molar-refractivity contribution in [2.24, 2.45) is 5.92 Å². The van der Waals surface area contributed by atoms with Crippen molar-refractivity contribution in [1.82, 2.24) is 10.2 Å². The van der Waals surface area contributed by atoms with Crippen molar-refractivity contribution in [2.75, 3.05) is 19.6 Å². The van der Waals surface area contributed by atoms with Gasteiger partial charge in [0.05, 0.1) is 0 Å². The average molecular weight is 315 g/mol. The second-order valence-corrected chi connectivity index (χ2v) is 8.02. The van der Waals surface area contributed by atoms with Crippen LogP contribution in [0.5, 0.6) is 0 Å². The molecule has 0 radical (unpaired) electrons. The zero-order valence-corrected chi connectivity index (χ0v) is 15.0. The minimum absolute atomic E-state index is 0.625. The summed E-state index contributed by atoms with van der Waals surface area (Å²) in [6.45, 7) is 8.46. The Morgan fingerprint density at radius 1 is 0.957 bits per heavy atom. The number of likely N-dealkylation sites (tertiary alicyclic amines) is 1. The molecule has 1 saturated heterocycles. The molecule has 0 bridgehead atoms. The van der Waals surface area contributed by atoms with E-state index in [9.17, 15) is 0 Å². The Kier molecular flexibility index (Phi) is 6.13. The maximum absolute atomic E-state index is 3.70. The van der Waals surface area contributed by atoms with E-state index in [0.29, 0.717) is 6.04 Å². The van der Waals surface area contributed by atoms with Gasteiger partial charge in [-0.3, -0.25) is 0 Å². The van der Waals surface area contributed by atoms with Crippen LogP contribution in [0.25, 0.3) is 0 Å². The number of nitrogens with one attached hydrogen (secondary N) is 1. The third-order valence-corrected chi connectivity index (χ3v) is 5.79. The molecule has 1 saturated carbocycles. The highest BCUT2D eigenvalue weighted by atomic mass is 15.1. The van der Waals surface area contributed by atoms with E-state index >= 15 is 0 Å². The second-order valence-electron chi connectivity index (χ2n) is 8.02. The predicted molar refractivity (Wildman–Crippen MR) is 98.9 cm³/mol. The minimum atomic E-state index is 0.625. The van der Waals surface area contributed by atoms with Gasteiger partial charge in [0, 0.05) is 18.6 Å². The fraction of sp³-hybridized carbons (Fsp3) is 0.714. The quantitative estimate of drug-likeness (QED) is 0.865. The van der Waals surface area contributed by atoms with Crippen LogP contribution >= 0.6 is 0 Å². The van der Waals surface area contributed by atoms with Gasteiger partial charge in [0.25, 0.3) is 0 Å². The van der Waals surface area contributed by atoms with Gasteiger partial charge in [-0.25, -0.2) is 0 Å². The van der Waals surface area contributed by atoms with Crippen LogP contribution < -0.4 is 5.32 Å². The first-order valence-electron chi connectivity index (χ1n) is 9.74. The summed E-state index contributed by atoms with van der Waals surface area (Å²) in [6.07, 6.45) is 8.28. The zero-order valence-electron chi connectivity index (χ0n) is 15.0. The van der Waals surface area contributed by atoms with Crippen LogP contribution in [0, 0.1) is 5.92 Å². The monoisotopic (exact) mass is 314 g/mol. The van der Waals surface area contributed by atoms with Crippen LogP contribution in [-0.4, -0.2) is 36.6 Å². The molecule has 0 aromatic heterocycles. The molecule has 1 aromatic carbocycles. The molecule has 1 aliphatic carbocycles. The van der Waals surface area contributed by atoms with Gasteiger partial charge in [0.2, 0.25) is 0 Å². The van der Waals surface area contributed by atoms with Gasteiger partial charge >= 0.3 is 0 Å². The summed E-state index contributed by atoms with van der Waals surface area (Å²) >= 11 is 0. The summed E-state index contributed by atoms with van der Waals surface area (Å²) in [5.74, 6) is 1.75. The first kappa shape index (κ1) is 17.0. The zero-order chi connectivity index (χ0) is 16.1. The van der Waals surface area contributed by atoms with Crippen molar-refractivity contribution in [3.8, 4) is 0 Å². The van der Waals surface area contributed by atoms with E-state index in [2.05, 4.69) is 54.4 Å². The Labute approximate surface area is 142 Å². The molecule has 0 atom stereocenters. The van der Waals surface area contributed by atoms with E-state index in [1.54, 1.807) is 5.56 Å². The van der Waals surface area contributed by atoms with Crippen LogP contribution in [-0.2, 0) is 0 Å². The number of hydrogen-bond acceptors (Lipinski definition) is 2. The lowest BCUT2D eigenvalue weighted by atomic mass is 9.78. The molecule has 128 valence electrons.